The molecule has 0 aliphatic carbocycles. The zero-order valence-corrected chi connectivity index (χ0v) is 17.7. The van der Waals surface area contributed by atoms with E-state index >= 15 is 0 Å². The van der Waals surface area contributed by atoms with Crippen LogP contribution in [0.2, 0.25) is 0 Å². The molecule has 5 nitrogen and oxygen atoms in total. The van der Waals surface area contributed by atoms with E-state index in [2.05, 4.69) is 58.5 Å². The molecule has 2 heterocycles. The van der Waals surface area contributed by atoms with Gasteiger partial charge in [0.1, 0.15) is 0 Å². The van der Waals surface area contributed by atoms with Crippen molar-refractivity contribution < 1.29 is 4.79 Å². The van der Waals surface area contributed by atoms with Gasteiger partial charge in [0, 0.05) is 36.5 Å². The number of fused-ring (bicyclic) bond motifs is 1. The summed E-state index contributed by atoms with van der Waals surface area (Å²) in [4.78, 5) is 21.4. The van der Waals surface area contributed by atoms with Gasteiger partial charge >= 0.3 is 0 Å². The Kier molecular flexibility index (Phi) is 6.79. The number of carbonyl (C=O) groups is 1. The molecule has 0 spiro atoms. The van der Waals surface area contributed by atoms with E-state index in [1.54, 1.807) is 30.1 Å². The van der Waals surface area contributed by atoms with Gasteiger partial charge in [-0.25, -0.2) is 0 Å². The minimum absolute atomic E-state index is 0.106. The van der Waals surface area contributed by atoms with Crippen molar-refractivity contribution in [2.75, 3.05) is 26.4 Å². The van der Waals surface area contributed by atoms with Crippen LogP contribution in [0.4, 0.5) is 0 Å². The van der Waals surface area contributed by atoms with Crippen molar-refractivity contribution in [1.82, 2.24) is 15.5 Å². The third kappa shape index (κ3) is 5.05. The summed E-state index contributed by atoms with van der Waals surface area (Å²) in [5.74, 6) is 0.749. The number of aryl methyl sites for hydroxylation is 1. The minimum Gasteiger partial charge on any atom is -0.352 e. The average Bonchev–Trinajstić information content (AvgIpc) is 3.16. The summed E-state index contributed by atoms with van der Waals surface area (Å²) >= 11 is 3.53. The molecular weight excluding hydrogens is 376 g/mol. The SMILES string of the molecule is CN=C(NCC(=O)N1CCc2sccc2C1)NCc1ccc(C)cc1SC. The zero-order chi connectivity index (χ0) is 19.2. The largest absolute Gasteiger partial charge is 0.352 e. The highest BCUT2D eigenvalue weighted by atomic mass is 32.2. The van der Waals surface area contributed by atoms with Crippen LogP contribution in [0.1, 0.15) is 21.6 Å². The maximum Gasteiger partial charge on any atom is 0.242 e. The van der Waals surface area contributed by atoms with Crippen LogP contribution in [0.25, 0.3) is 0 Å². The van der Waals surface area contributed by atoms with E-state index in [0.29, 0.717) is 19.0 Å². The molecule has 1 aromatic carbocycles. The van der Waals surface area contributed by atoms with Gasteiger partial charge in [-0.15, -0.1) is 23.1 Å². The fourth-order valence-electron chi connectivity index (χ4n) is 3.13. The molecule has 0 saturated heterocycles. The summed E-state index contributed by atoms with van der Waals surface area (Å²) in [5.41, 5.74) is 3.76. The number of hydrogen-bond acceptors (Lipinski definition) is 4. The van der Waals surface area contributed by atoms with Gasteiger partial charge in [0.15, 0.2) is 5.96 Å². The molecule has 1 aliphatic rings. The van der Waals surface area contributed by atoms with Crippen LogP contribution in [-0.4, -0.2) is 43.2 Å². The molecule has 2 N–H and O–H groups in total. The van der Waals surface area contributed by atoms with Crippen LogP contribution in [0.15, 0.2) is 39.5 Å². The Labute approximate surface area is 169 Å². The predicted molar refractivity (Wildman–Crippen MR) is 115 cm³/mol. The number of nitrogens with one attached hydrogen (secondary N) is 2. The lowest BCUT2D eigenvalue weighted by molar-refractivity contribution is -0.130. The Morgan fingerprint density at radius 1 is 1.33 bits per heavy atom. The maximum atomic E-state index is 12.5. The lowest BCUT2D eigenvalue weighted by Crippen LogP contribution is -2.45. The van der Waals surface area contributed by atoms with Gasteiger partial charge in [0.05, 0.1) is 6.54 Å². The summed E-state index contributed by atoms with van der Waals surface area (Å²) in [6.45, 7) is 4.53. The smallest absolute Gasteiger partial charge is 0.242 e. The van der Waals surface area contributed by atoms with Gasteiger partial charge in [0.25, 0.3) is 0 Å². The van der Waals surface area contributed by atoms with E-state index in [0.717, 1.165) is 13.0 Å². The number of thioether (sulfide) groups is 1. The van der Waals surface area contributed by atoms with Gasteiger partial charge in [-0.1, -0.05) is 12.1 Å². The number of rotatable bonds is 5. The number of carbonyl (C=O) groups excluding carboxylic acids is 1. The van der Waals surface area contributed by atoms with Crippen molar-refractivity contribution in [3.8, 4) is 0 Å². The van der Waals surface area contributed by atoms with E-state index in [-0.39, 0.29) is 12.5 Å². The van der Waals surface area contributed by atoms with Gasteiger partial charge in [0.2, 0.25) is 5.91 Å². The molecule has 27 heavy (non-hydrogen) atoms. The normalized spacial score (nSPS) is 14.0. The summed E-state index contributed by atoms with van der Waals surface area (Å²) < 4.78 is 0. The Morgan fingerprint density at radius 3 is 2.96 bits per heavy atom. The first-order valence-corrected chi connectivity index (χ1v) is 11.1. The van der Waals surface area contributed by atoms with Crippen LogP contribution in [0.3, 0.4) is 0 Å². The van der Waals surface area contributed by atoms with Crippen LogP contribution >= 0.6 is 23.1 Å². The quantitative estimate of drug-likeness (QED) is 0.459. The molecule has 0 saturated carbocycles. The maximum absolute atomic E-state index is 12.5. The van der Waals surface area contributed by atoms with Gasteiger partial charge in [-0.2, -0.15) is 0 Å². The number of aliphatic imine (C=N–C) groups is 1. The Hall–Kier alpha value is -1.99. The molecule has 0 unspecified atom stereocenters. The lowest BCUT2D eigenvalue weighted by Gasteiger charge is -2.27. The van der Waals surface area contributed by atoms with E-state index < -0.39 is 0 Å². The van der Waals surface area contributed by atoms with Crippen molar-refractivity contribution in [3.05, 3.63) is 51.2 Å². The van der Waals surface area contributed by atoms with E-state index in [1.165, 1.54) is 26.5 Å². The second-order valence-corrected chi connectivity index (χ2v) is 8.38. The molecule has 1 aliphatic heterocycles. The van der Waals surface area contributed by atoms with Crippen LogP contribution in [0.5, 0.6) is 0 Å². The summed E-state index contributed by atoms with van der Waals surface area (Å²) in [6.07, 6.45) is 3.04. The molecule has 7 heteroatoms. The van der Waals surface area contributed by atoms with E-state index in [1.807, 2.05) is 4.90 Å². The van der Waals surface area contributed by atoms with Crippen molar-refractivity contribution in [2.24, 2.45) is 4.99 Å². The first-order valence-electron chi connectivity index (χ1n) is 9.01. The highest BCUT2D eigenvalue weighted by Gasteiger charge is 2.21. The zero-order valence-electron chi connectivity index (χ0n) is 16.0. The highest BCUT2D eigenvalue weighted by Crippen LogP contribution is 2.24. The topological polar surface area (TPSA) is 56.7 Å². The third-order valence-corrected chi connectivity index (χ3v) is 6.52. The molecule has 3 rings (SSSR count). The summed E-state index contributed by atoms with van der Waals surface area (Å²) in [6, 6.07) is 8.57. The second kappa shape index (κ2) is 9.28. The molecule has 1 aromatic heterocycles. The molecule has 0 fully saturated rings. The minimum atomic E-state index is 0.106. The standard InChI is InChI=1S/C20H26N4OS2/c1-14-4-5-15(18(10-14)26-3)11-22-20(21-2)23-12-19(25)24-8-6-17-16(13-24)7-9-27-17/h4-5,7,9-10H,6,8,11-13H2,1-3H3,(H2,21,22,23). The summed E-state index contributed by atoms with van der Waals surface area (Å²) in [5, 5.41) is 8.56. The predicted octanol–water partition coefficient (Wildman–Crippen LogP) is 3.03. The fraction of sp³-hybridized carbons (Fsp3) is 0.400. The lowest BCUT2D eigenvalue weighted by atomic mass is 10.1. The molecule has 2 aromatic rings. The first-order chi connectivity index (χ1) is 13.1. The van der Waals surface area contributed by atoms with Crippen LogP contribution < -0.4 is 10.6 Å². The number of nitrogens with zero attached hydrogens (tertiary/aromatic N) is 2. The molecule has 0 radical (unpaired) electrons. The van der Waals surface area contributed by atoms with Crippen molar-refractivity contribution in [2.45, 2.75) is 31.3 Å². The fourth-order valence-corrected chi connectivity index (χ4v) is 4.73. The van der Waals surface area contributed by atoms with Crippen molar-refractivity contribution in [3.63, 3.8) is 0 Å². The van der Waals surface area contributed by atoms with Gasteiger partial charge in [-0.3, -0.25) is 9.79 Å². The number of amides is 1. The Balaban J connectivity index is 1.50. The Morgan fingerprint density at radius 2 is 2.19 bits per heavy atom. The van der Waals surface area contributed by atoms with Crippen molar-refractivity contribution in [1.29, 1.82) is 0 Å². The molecular formula is C20H26N4OS2. The van der Waals surface area contributed by atoms with E-state index in [9.17, 15) is 4.79 Å². The molecule has 144 valence electrons. The molecule has 0 bridgehead atoms. The number of guanidine groups is 1. The number of thiophene rings is 1. The summed E-state index contributed by atoms with van der Waals surface area (Å²) in [7, 11) is 1.73. The highest BCUT2D eigenvalue weighted by molar-refractivity contribution is 7.98. The Bertz CT molecular complexity index is 831. The van der Waals surface area contributed by atoms with Gasteiger partial charge < -0.3 is 15.5 Å². The van der Waals surface area contributed by atoms with E-state index in [4.69, 9.17) is 0 Å². The first kappa shape index (κ1) is 19.8. The third-order valence-electron chi connectivity index (χ3n) is 4.68. The van der Waals surface area contributed by atoms with Gasteiger partial charge in [-0.05, 0) is 53.8 Å². The van der Waals surface area contributed by atoms with Crippen LogP contribution in [0, 0.1) is 6.92 Å². The van der Waals surface area contributed by atoms with Crippen LogP contribution in [-0.2, 0) is 24.3 Å². The number of benzene rings is 1. The monoisotopic (exact) mass is 402 g/mol. The number of hydrogen-bond donors (Lipinski definition) is 2. The molecule has 0 atom stereocenters. The van der Waals surface area contributed by atoms with Crippen molar-refractivity contribution >= 4 is 35.0 Å². The average molecular weight is 403 g/mol. The second-order valence-electron chi connectivity index (χ2n) is 6.53. The molecule has 1 amide bonds.